The minimum Gasteiger partial charge on any atom is -0.342 e. The molecule has 33 heavy (non-hydrogen) atoms. The summed E-state index contributed by atoms with van der Waals surface area (Å²) < 4.78 is 0. The monoisotopic (exact) mass is 444 g/mol. The third-order valence-corrected chi connectivity index (χ3v) is 6.02. The zero-order chi connectivity index (χ0) is 23.0. The van der Waals surface area contributed by atoms with E-state index >= 15 is 0 Å². The smallest absolute Gasteiger partial charge is 0.245 e. The fourth-order valence-corrected chi connectivity index (χ4v) is 4.25. The Labute approximate surface area is 195 Å². The second kappa shape index (κ2) is 11.0. The van der Waals surface area contributed by atoms with Crippen LogP contribution < -0.4 is 5.32 Å². The number of carbonyl (C=O) groups excluding carboxylic acids is 1. The van der Waals surface area contributed by atoms with E-state index in [1.807, 2.05) is 55.4 Å². The van der Waals surface area contributed by atoms with Gasteiger partial charge in [0.25, 0.3) is 0 Å². The molecule has 172 valence electrons. The normalized spacial score (nSPS) is 15.3. The minimum atomic E-state index is -0.406. The van der Waals surface area contributed by atoms with Gasteiger partial charge in [-0.15, -0.1) is 0 Å². The van der Waals surface area contributed by atoms with Crippen molar-refractivity contribution in [2.75, 3.05) is 38.0 Å². The molecule has 1 atom stereocenters. The van der Waals surface area contributed by atoms with Crippen molar-refractivity contribution in [2.24, 2.45) is 0 Å². The molecule has 0 bridgehead atoms. The second-order valence-corrected chi connectivity index (χ2v) is 8.63. The van der Waals surface area contributed by atoms with Crippen LogP contribution in [0.25, 0.3) is 0 Å². The fraction of sp³-hybridized carbons (Fsp3) is 0.385. The molecule has 0 saturated carbocycles. The summed E-state index contributed by atoms with van der Waals surface area (Å²) >= 11 is 0. The molecule has 0 aliphatic carbocycles. The number of carbonyl (C=O) groups is 1. The van der Waals surface area contributed by atoms with Gasteiger partial charge < -0.3 is 10.2 Å². The SMILES string of the molecule is Cc1cc(C)nc(N[C@H](Cc2ccccc2)C(=O)N2CCN(CCc3ccncc3)CC2)n1. The van der Waals surface area contributed by atoms with Gasteiger partial charge in [0, 0.05) is 62.9 Å². The lowest BCUT2D eigenvalue weighted by molar-refractivity contribution is -0.133. The molecule has 0 unspecified atom stereocenters. The largest absolute Gasteiger partial charge is 0.342 e. The minimum absolute atomic E-state index is 0.107. The van der Waals surface area contributed by atoms with Crippen LogP contribution in [0.3, 0.4) is 0 Å². The summed E-state index contributed by atoms with van der Waals surface area (Å²) in [5, 5.41) is 3.33. The number of hydrogen-bond acceptors (Lipinski definition) is 6. The van der Waals surface area contributed by atoms with Crippen molar-refractivity contribution in [3.05, 3.63) is 83.4 Å². The zero-order valence-corrected chi connectivity index (χ0v) is 19.4. The summed E-state index contributed by atoms with van der Waals surface area (Å²) in [6.45, 7) is 8.11. The van der Waals surface area contributed by atoms with Gasteiger partial charge in [0.2, 0.25) is 11.9 Å². The zero-order valence-electron chi connectivity index (χ0n) is 19.4. The maximum Gasteiger partial charge on any atom is 0.245 e. The Kier molecular flexibility index (Phi) is 7.62. The molecule has 1 saturated heterocycles. The number of amides is 1. The first-order valence-electron chi connectivity index (χ1n) is 11.6. The number of nitrogens with zero attached hydrogens (tertiary/aromatic N) is 5. The number of benzene rings is 1. The van der Waals surface area contributed by atoms with Crippen LogP contribution in [0.5, 0.6) is 0 Å². The standard InChI is InChI=1S/C26H32N6O/c1-20-18-21(2)29-26(28-20)30-24(19-23-6-4-3-5-7-23)25(33)32-16-14-31(15-17-32)13-10-22-8-11-27-12-9-22/h3-9,11-12,18,24H,10,13-17,19H2,1-2H3,(H,28,29,30)/t24-/m1/s1. The molecule has 2 aromatic heterocycles. The number of aryl methyl sites for hydroxylation is 2. The van der Waals surface area contributed by atoms with Crippen LogP contribution >= 0.6 is 0 Å². The molecule has 4 rings (SSSR count). The van der Waals surface area contributed by atoms with E-state index in [2.05, 4.69) is 49.4 Å². The number of piperazine rings is 1. The van der Waals surface area contributed by atoms with Gasteiger partial charge in [-0.05, 0) is 49.6 Å². The molecule has 1 aromatic carbocycles. The van der Waals surface area contributed by atoms with E-state index in [1.165, 1.54) is 5.56 Å². The Morgan fingerprint density at radius 2 is 1.61 bits per heavy atom. The number of aromatic nitrogens is 3. The second-order valence-electron chi connectivity index (χ2n) is 8.63. The van der Waals surface area contributed by atoms with Crippen LogP contribution in [0.4, 0.5) is 5.95 Å². The van der Waals surface area contributed by atoms with E-state index in [0.717, 1.165) is 56.1 Å². The van der Waals surface area contributed by atoms with E-state index in [9.17, 15) is 4.79 Å². The van der Waals surface area contributed by atoms with E-state index in [-0.39, 0.29) is 5.91 Å². The lowest BCUT2D eigenvalue weighted by Gasteiger charge is -2.36. The van der Waals surface area contributed by atoms with Crippen LogP contribution in [-0.4, -0.2) is 69.4 Å². The first-order valence-corrected chi connectivity index (χ1v) is 11.6. The first kappa shape index (κ1) is 22.9. The quantitative estimate of drug-likeness (QED) is 0.576. The molecule has 0 radical (unpaired) electrons. The van der Waals surface area contributed by atoms with Crippen molar-refractivity contribution in [3.8, 4) is 0 Å². The Balaban J connectivity index is 1.39. The van der Waals surface area contributed by atoms with Crippen molar-refractivity contribution in [2.45, 2.75) is 32.7 Å². The van der Waals surface area contributed by atoms with Gasteiger partial charge in [-0.1, -0.05) is 30.3 Å². The van der Waals surface area contributed by atoms with Gasteiger partial charge in [-0.3, -0.25) is 14.7 Å². The Hall–Kier alpha value is -3.32. The van der Waals surface area contributed by atoms with Crippen molar-refractivity contribution < 1.29 is 4.79 Å². The Morgan fingerprint density at radius 3 is 2.27 bits per heavy atom. The van der Waals surface area contributed by atoms with Gasteiger partial charge in [0.05, 0.1) is 0 Å². The maximum atomic E-state index is 13.5. The molecule has 7 heteroatoms. The lowest BCUT2D eigenvalue weighted by Crippen LogP contribution is -2.53. The maximum absolute atomic E-state index is 13.5. The summed E-state index contributed by atoms with van der Waals surface area (Å²) in [7, 11) is 0. The number of nitrogens with one attached hydrogen (secondary N) is 1. The molecule has 1 fully saturated rings. The molecular formula is C26H32N6O. The highest BCUT2D eigenvalue weighted by molar-refractivity contribution is 5.84. The molecule has 3 heterocycles. The van der Waals surface area contributed by atoms with E-state index in [4.69, 9.17) is 0 Å². The number of pyridine rings is 1. The van der Waals surface area contributed by atoms with Crippen LogP contribution in [-0.2, 0) is 17.6 Å². The van der Waals surface area contributed by atoms with Crippen molar-refractivity contribution in [3.63, 3.8) is 0 Å². The van der Waals surface area contributed by atoms with Gasteiger partial charge in [0.1, 0.15) is 6.04 Å². The van der Waals surface area contributed by atoms with Crippen LogP contribution in [0, 0.1) is 13.8 Å². The van der Waals surface area contributed by atoms with Crippen LogP contribution in [0.15, 0.2) is 60.9 Å². The van der Waals surface area contributed by atoms with Gasteiger partial charge in [-0.25, -0.2) is 9.97 Å². The van der Waals surface area contributed by atoms with Gasteiger partial charge in [0.15, 0.2) is 0 Å². The highest BCUT2D eigenvalue weighted by atomic mass is 16.2. The third kappa shape index (κ3) is 6.58. The lowest BCUT2D eigenvalue weighted by atomic mass is 10.0. The Morgan fingerprint density at radius 1 is 0.939 bits per heavy atom. The molecule has 1 amide bonds. The highest BCUT2D eigenvalue weighted by Crippen LogP contribution is 2.14. The van der Waals surface area contributed by atoms with Crippen molar-refractivity contribution >= 4 is 11.9 Å². The van der Waals surface area contributed by atoms with Gasteiger partial charge in [-0.2, -0.15) is 0 Å². The molecule has 3 aromatic rings. The molecule has 1 aliphatic heterocycles. The number of hydrogen-bond donors (Lipinski definition) is 1. The number of rotatable bonds is 8. The summed E-state index contributed by atoms with van der Waals surface area (Å²) in [4.78, 5) is 31.0. The molecule has 1 aliphatic rings. The average Bonchev–Trinajstić information content (AvgIpc) is 2.83. The predicted molar refractivity (Wildman–Crippen MR) is 130 cm³/mol. The summed E-state index contributed by atoms with van der Waals surface area (Å²) in [5.41, 5.74) is 4.19. The van der Waals surface area contributed by atoms with Crippen LogP contribution in [0.2, 0.25) is 0 Å². The number of anilines is 1. The summed E-state index contributed by atoms with van der Waals surface area (Å²) in [6, 6.07) is 15.8. The summed E-state index contributed by atoms with van der Waals surface area (Å²) in [5.74, 6) is 0.619. The van der Waals surface area contributed by atoms with Crippen molar-refractivity contribution in [1.29, 1.82) is 0 Å². The predicted octanol–water partition coefficient (Wildman–Crippen LogP) is 2.90. The van der Waals surface area contributed by atoms with E-state index < -0.39 is 6.04 Å². The average molecular weight is 445 g/mol. The topological polar surface area (TPSA) is 74.2 Å². The highest BCUT2D eigenvalue weighted by Gasteiger charge is 2.28. The molecule has 1 N–H and O–H groups in total. The third-order valence-electron chi connectivity index (χ3n) is 6.02. The van der Waals surface area contributed by atoms with Crippen LogP contribution in [0.1, 0.15) is 22.5 Å². The Bertz CT molecular complexity index is 1010. The summed E-state index contributed by atoms with van der Waals surface area (Å²) in [6.07, 6.45) is 5.27. The fourth-order valence-electron chi connectivity index (χ4n) is 4.25. The first-order chi connectivity index (χ1) is 16.1. The van der Waals surface area contributed by atoms with E-state index in [1.54, 1.807) is 0 Å². The molecule has 0 spiro atoms. The van der Waals surface area contributed by atoms with Gasteiger partial charge >= 0.3 is 0 Å². The molecular weight excluding hydrogens is 412 g/mol. The van der Waals surface area contributed by atoms with E-state index in [0.29, 0.717) is 12.4 Å². The van der Waals surface area contributed by atoms with Crippen molar-refractivity contribution in [1.82, 2.24) is 24.8 Å². The molecule has 7 nitrogen and oxygen atoms in total.